The van der Waals surface area contributed by atoms with E-state index in [0.29, 0.717) is 12.5 Å². The summed E-state index contributed by atoms with van der Waals surface area (Å²) >= 11 is 0. The summed E-state index contributed by atoms with van der Waals surface area (Å²) in [6.45, 7) is 6.77. The summed E-state index contributed by atoms with van der Waals surface area (Å²) in [6, 6.07) is 8.47. The normalized spacial score (nSPS) is 19.0. The number of imide groups is 1. The molecule has 0 spiro atoms. The van der Waals surface area contributed by atoms with Crippen molar-refractivity contribution in [2.45, 2.75) is 32.7 Å². The summed E-state index contributed by atoms with van der Waals surface area (Å²) in [7, 11) is 4.07. The minimum atomic E-state index is -0.0996. The molecule has 6 heteroatoms. The van der Waals surface area contributed by atoms with Crippen LogP contribution in [0.1, 0.15) is 26.7 Å². The Morgan fingerprint density at radius 3 is 2.23 bits per heavy atom. The largest absolute Gasteiger partial charge is 0.378 e. The van der Waals surface area contributed by atoms with E-state index in [-0.39, 0.29) is 24.5 Å². The van der Waals surface area contributed by atoms with E-state index in [0.717, 1.165) is 25.9 Å². The Labute approximate surface area is 156 Å². The van der Waals surface area contributed by atoms with E-state index in [2.05, 4.69) is 47.9 Å². The summed E-state index contributed by atoms with van der Waals surface area (Å²) in [5, 5.41) is 0. The molecule has 1 aromatic rings. The fourth-order valence-electron chi connectivity index (χ4n) is 3.85. The minimum absolute atomic E-state index is 0.0319. The van der Waals surface area contributed by atoms with Gasteiger partial charge in [0.05, 0.1) is 0 Å². The zero-order valence-electron chi connectivity index (χ0n) is 16.3. The number of hydrogen-bond donors (Lipinski definition) is 0. The summed E-state index contributed by atoms with van der Waals surface area (Å²) < 4.78 is 0. The lowest BCUT2D eigenvalue weighted by Crippen LogP contribution is -2.48. The lowest BCUT2D eigenvalue weighted by molar-refractivity contribution is -0.127. The molecule has 2 aliphatic rings. The number of amides is 3. The number of rotatable bonds is 5. The smallest absolute Gasteiger partial charge is 0.327 e. The SMILES string of the molecule is CC(C)CN1CC(=O)N(C2CCN(c3ccc(N(C)C)cc3)CC2)C1=O. The molecule has 142 valence electrons. The molecule has 2 aliphatic heterocycles. The third kappa shape index (κ3) is 3.79. The van der Waals surface area contributed by atoms with Crippen molar-refractivity contribution in [3.05, 3.63) is 24.3 Å². The second-order valence-electron chi connectivity index (χ2n) is 7.95. The first-order chi connectivity index (χ1) is 12.4. The molecule has 1 aromatic carbocycles. The molecular formula is C20H30N4O2. The van der Waals surface area contributed by atoms with Crippen LogP contribution in [0.5, 0.6) is 0 Å². The summed E-state index contributed by atoms with van der Waals surface area (Å²) in [5.74, 6) is 0.336. The number of piperidine rings is 1. The zero-order valence-corrected chi connectivity index (χ0v) is 16.3. The van der Waals surface area contributed by atoms with Crippen molar-refractivity contribution >= 4 is 23.3 Å². The lowest BCUT2D eigenvalue weighted by Gasteiger charge is -2.37. The molecular weight excluding hydrogens is 328 g/mol. The third-order valence-corrected chi connectivity index (χ3v) is 5.22. The summed E-state index contributed by atoms with van der Waals surface area (Å²) in [6.07, 6.45) is 1.67. The first-order valence-electron chi connectivity index (χ1n) is 9.50. The Kier molecular flexibility index (Phi) is 5.39. The second kappa shape index (κ2) is 7.56. The van der Waals surface area contributed by atoms with Crippen LogP contribution in [0, 0.1) is 5.92 Å². The van der Waals surface area contributed by atoms with Crippen LogP contribution in [0.25, 0.3) is 0 Å². The van der Waals surface area contributed by atoms with E-state index in [9.17, 15) is 9.59 Å². The predicted molar refractivity (Wildman–Crippen MR) is 105 cm³/mol. The Morgan fingerprint density at radius 2 is 1.69 bits per heavy atom. The summed E-state index contributed by atoms with van der Waals surface area (Å²) in [4.78, 5) is 32.6. The maximum absolute atomic E-state index is 12.6. The van der Waals surface area contributed by atoms with Crippen molar-refractivity contribution in [3.63, 3.8) is 0 Å². The maximum atomic E-state index is 12.6. The fourth-order valence-corrected chi connectivity index (χ4v) is 3.85. The topological polar surface area (TPSA) is 47.1 Å². The van der Waals surface area contributed by atoms with Gasteiger partial charge in [0.2, 0.25) is 0 Å². The van der Waals surface area contributed by atoms with Crippen molar-refractivity contribution in [1.29, 1.82) is 0 Å². The highest BCUT2D eigenvalue weighted by Gasteiger charge is 2.41. The highest BCUT2D eigenvalue weighted by molar-refractivity contribution is 6.02. The molecule has 0 saturated carbocycles. The van der Waals surface area contributed by atoms with Crippen LogP contribution < -0.4 is 9.80 Å². The fraction of sp³-hybridized carbons (Fsp3) is 0.600. The maximum Gasteiger partial charge on any atom is 0.327 e. The number of nitrogens with zero attached hydrogens (tertiary/aromatic N) is 4. The van der Waals surface area contributed by atoms with Gasteiger partial charge in [0.1, 0.15) is 6.54 Å². The van der Waals surface area contributed by atoms with Crippen molar-refractivity contribution in [1.82, 2.24) is 9.80 Å². The van der Waals surface area contributed by atoms with E-state index < -0.39 is 0 Å². The van der Waals surface area contributed by atoms with Gasteiger partial charge < -0.3 is 14.7 Å². The van der Waals surface area contributed by atoms with Crippen molar-refractivity contribution < 1.29 is 9.59 Å². The van der Waals surface area contributed by atoms with Crippen LogP contribution in [0.2, 0.25) is 0 Å². The Bertz CT molecular complexity index is 648. The molecule has 0 atom stereocenters. The van der Waals surface area contributed by atoms with Gasteiger partial charge in [-0.05, 0) is 43.0 Å². The van der Waals surface area contributed by atoms with Gasteiger partial charge in [0.15, 0.2) is 0 Å². The van der Waals surface area contributed by atoms with Gasteiger partial charge >= 0.3 is 6.03 Å². The molecule has 0 radical (unpaired) electrons. The molecule has 2 saturated heterocycles. The average molecular weight is 358 g/mol. The van der Waals surface area contributed by atoms with Gasteiger partial charge in [-0.15, -0.1) is 0 Å². The number of hydrogen-bond acceptors (Lipinski definition) is 4. The molecule has 26 heavy (non-hydrogen) atoms. The number of benzene rings is 1. The Hall–Kier alpha value is -2.24. The van der Waals surface area contributed by atoms with Crippen LogP contribution in [-0.2, 0) is 4.79 Å². The number of carbonyl (C=O) groups excluding carboxylic acids is 2. The van der Waals surface area contributed by atoms with Crippen molar-refractivity contribution in [3.8, 4) is 0 Å². The first-order valence-corrected chi connectivity index (χ1v) is 9.50. The van der Waals surface area contributed by atoms with Gasteiger partial charge in [-0.25, -0.2) is 4.79 Å². The Morgan fingerprint density at radius 1 is 1.08 bits per heavy atom. The molecule has 0 unspecified atom stereocenters. The van der Waals surface area contributed by atoms with Crippen LogP contribution in [-0.4, -0.2) is 68.1 Å². The van der Waals surface area contributed by atoms with Crippen LogP contribution in [0.15, 0.2) is 24.3 Å². The van der Waals surface area contributed by atoms with Gasteiger partial charge in [0.25, 0.3) is 5.91 Å². The van der Waals surface area contributed by atoms with Crippen LogP contribution >= 0.6 is 0 Å². The van der Waals surface area contributed by atoms with Crippen LogP contribution in [0.3, 0.4) is 0 Å². The van der Waals surface area contributed by atoms with Gasteiger partial charge in [-0.1, -0.05) is 13.8 Å². The molecule has 0 aliphatic carbocycles. The quantitative estimate of drug-likeness (QED) is 0.759. The van der Waals surface area contributed by atoms with Gasteiger partial charge in [0, 0.05) is 51.1 Å². The molecule has 0 bridgehead atoms. The van der Waals surface area contributed by atoms with E-state index in [1.165, 1.54) is 16.3 Å². The molecule has 3 amide bonds. The summed E-state index contributed by atoms with van der Waals surface area (Å²) in [5.41, 5.74) is 2.39. The van der Waals surface area contributed by atoms with Crippen LogP contribution in [0.4, 0.5) is 16.2 Å². The van der Waals surface area contributed by atoms with Gasteiger partial charge in [-0.3, -0.25) is 9.69 Å². The van der Waals surface area contributed by atoms with Crippen molar-refractivity contribution in [2.24, 2.45) is 5.92 Å². The third-order valence-electron chi connectivity index (χ3n) is 5.22. The highest BCUT2D eigenvalue weighted by atomic mass is 16.2. The molecule has 0 aromatic heterocycles. The lowest BCUT2D eigenvalue weighted by atomic mass is 10.0. The second-order valence-corrected chi connectivity index (χ2v) is 7.95. The number of urea groups is 1. The molecule has 2 heterocycles. The number of anilines is 2. The average Bonchev–Trinajstić information content (AvgIpc) is 2.88. The van der Waals surface area contributed by atoms with E-state index >= 15 is 0 Å². The number of carbonyl (C=O) groups is 2. The standard InChI is InChI=1S/C20H30N4O2/c1-15(2)13-23-14-19(25)24(20(23)26)18-9-11-22(12-10-18)17-7-5-16(6-8-17)21(3)4/h5-8,15,18H,9-14H2,1-4H3. The van der Waals surface area contributed by atoms with E-state index in [1.807, 2.05) is 14.1 Å². The van der Waals surface area contributed by atoms with E-state index in [1.54, 1.807) is 4.90 Å². The highest BCUT2D eigenvalue weighted by Crippen LogP contribution is 2.27. The molecule has 2 fully saturated rings. The van der Waals surface area contributed by atoms with Crippen molar-refractivity contribution in [2.75, 3.05) is 50.1 Å². The Balaban J connectivity index is 1.60. The molecule has 3 rings (SSSR count). The monoisotopic (exact) mass is 358 g/mol. The zero-order chi connectivity index (χ0) is 18.8. The minimum Gasteiger partial charge on any atom is -0.378 e. The molecule has 0 N–H and O–H groups in total. The van der Waals surface area contributed by atoms with E-state index in [4.69, 9.17) is 0 Å². The molecule has 6 nitrogen and oxygen atoms in total. The first kappa shape index (κ1) is 18.5. The van der Waals surface area contributed by atoms with Gasteiger partial charge in [-0.2, -0.15) is 0 Å². The predicted octanol–water partition coefficient (Wildman–Crippen LogP) is 2.64.